The summed E-state index contributed by atoms with van der Waals surface area (Å²) in [6, 6.07) is 5.00. The lowest BCUT2D eigenvalue weighted by Crippen LogP contribution is -2.31. The van der Waals surface area contributed by atoms with E-state index in [0.29, 0.717) is 23.8 Å². The van der Waals surface area contributed by atoms with E-state index in [1.54, 1.807) is 25.3 Å². The third-order valence-electron chi connectivity index (χ3n) is 3.25. The van der Waals surface area contributed by atoms with Crippen LogP contribution < -0.4 is 4.74 Å². The van der Waals surface area contributed by atoms with Gasteiger partial charge in [0.15, 0.2) is 0 Å². The summed E-state index contributed by atoms with van der Waals surface area (Å²) in [4.78, 5) is 12.7. The van der Waals surface area contributed by atoms with Crippen LogP contribution in [0.15, 0.2) is 18.2 Å². The fraction of sp³-hybridized carbons (Fsp3) is 0.500. The number of ether oxygens (including phenoxy) is 1. The van der Waals surface area contributed by atoms with E-state index in [1.165, 1.54) is 12.8 Å². The van der Waals surface area contributed by atoms with Gasteiger partial charge in [0.25, 0.3) is 0 Å². The minimum Gasteiger partial charge on any atom is -0.508 e. The minimum atomic E-state index is -0.844. The summed E-state index contributed by atoms with van der Waals surface area (Å²) in [5.41, 5.74) is 0.696. The molecule has 0 radical (unpaired) electrons. The Bertz CT molecular complexity index is 457. The first kappa shape index (κ1) is 13.7. The SMILES string of the molecule is COc1ccc(O)c(CN(CC(=O)O)CC2CC2)c1. The number of phenolic OH excluding ortho intramolecular Hbond substituents is 1. The Hall–Kier alpha value is -1.75. The molecule has 1 fully saturated rings. The second-order valence-electron chi connectivity index (χ2n) is 5.00. The molecule has 0 bridgehead atoms. The van der Waals surface area contributed by atoms with E-state index in [2.05, 4.69) is 0 Å². The predicted molar refractivity (Wildman–Crippen MR) is 70.3 cm³/mol. The van der Waals surface area contributed by atoms with Crippen molar-refractivity contribution in [1.29, 1.82) is 0 Å². The number of carbonyl (C=O) groups is 1. The van der Waals surface area contributed by atoms with Gasteiger partial charge in [-0.3, -0.25) is 9.69 Å². The molecule has 19 heavy (non-hydrogen) atoms. The van der Waals surface area contributed by atoms with Crippen LogP contribution in [-0.2, 0) is 11.3 Å². The lowest BCUT2D eigenvalue weighted by Gasteiger charge is -2.21. The van der Waals surface area contributed by atoms with Crippen molar-refractivity contribution in [1.82, 2.24) is 4.90 Å². The van der Waals surface area contributed by atoms with Crippen molar-refractivity contribution in [2.24, 2.45) is 5.92 Å². The lowest BCUT2D eigenvalue weighted by atomic mass is 10.1. The van der Waals surface area contributed by atoms with Gasteiger partial charge in [-0.25, -0.2) is 0 Å². The highest BCUT2D eigenvalue weighted by atomic mass is 16.5. The van der Waals surface area contributed by atoms with Crippen LogP contribution in [0.1, 0.15) is 18.4 Å². The van der Waals surface area contributed by atoms with Crippen LogP contribution in [0.3, 0.4) is 0 Å². The predicted octanol–water partition coefficient (Wildman–Crippen LogP) is 1.70. The molecule has 2 rings (SSSR count). The molecule has 0 atom stereocenters. The number of methoxy groups -OCH3 is 1. The highest BCUT2D eigenvalue weighted by Gasteiger charge is 2.25. The fourth-order valence-corrected chi connectivity index (χ4v) is 2.10. The Morgan fingerprint density at radius 2 is 2.21 bits per heavy atom. The third-order valence-corrected chi connectivity index (χ3v) is 3.25. The standard InChI is InChI=1S/C14H19NO4/c1-19-12-4-5-13(16)11(6-12)8-15(9-14(17)18)7-10-2-3-10/h4-6,10,16H,2-3,7-9H2,1H3,(H,17,18). The molecule has 2 N–H and O–H groups in total. The topological polar surface area (TPSA) is 70.0 Å². The molecule has 1 aromatic carbocycles. The Morgan fingerprint density at radius 1 is 1.47 bits per heavy atom. The first-order valence-electron chi connectivity index (χ1n) is 6.38. The lowest BCUT2D eigenvalue weighted by molar-refractivity contribution is -0.138. The Kier molecular flexibility index (Phi) is 4.27. The maximum atomic E-state index is 10.9. The molecule has 0 heterocycles. The van der Waals surface area contributed by atoms with E-state index >= 15 is 0 Å². The van der Waals surface area contributed by atoms with Gasteiger partial charge in [-0.1, -0.05) is 0 Å². The minimum absolute atomic E-state index is 0.00680. The fourth-order valence-electron chi connectivity index (χ4n) is 2.10. The van der Waals surface area contributed by atoms with Crippen molar-refractivity contribution >= 4 is 5.97 Å². The summed E-state index contributed by atoms with van der Waals surface area (Å²) < 4.78 is 5.12. The van der Waals surface area contributed by atoms with Gasteiger partial charge in [-0.05, 0) is 37.0 Å². The number of phenols is 1. The largest absolute Gasteiger partial charge is 0.508 e. The number of carboxylic acid groups (broad SMARTS) is 1. The third kappa shape index (κ3) is 4.13. The molecule has 1 aromatic rings. The molecule has 0 aliphatic heterocycles. The van der Waals surface area contributed by atoms with E-state index in [-0.39, 0.29) is 12.3 Å². The Labute approximate surface area is 112 Å². The first-order chi connectivity index (χ1) is 9.08. The number of nitrogens with zero attached hydrogens (tertiary/aromatic N) is 1. The average molecular weight is 265 g/mol. The normalized spacial score (nSPS) is 14.6. The second kappa shape index (κ2) is 5.93. The van der Waals surface area contributed by atoms with Crippen LogP contribution in [0, 0.1) is 5.92 Å². The molecule has 0 saturated heterocycles. The zero-order valence-electron chi connectivity index (χ0n) is 11.0. The summed E-state index contributed by atoms with van der Waals surface area (Å²) in [6.45, 7) is 1.18. The van der Waals surface area contributed by atoms with Gasteiger partial charge in [0.1, 0.15) is 11.5 Å². The van der Waals surface area contributed by atoms with Crippen molar-refractivity contribution in [3.8, 4) is 11.5 Å². The van der Waals surface area contributed by atoms with E-state index in [0.717, 1.165) is 6.54 Å². The van der Waals surface area contributed by atoms with Gasteiger partial charge in [-0.2, -0.15) is 0 Å². The maximum Gasteiger partial charge on any atom is 0.317 e. The number of aliphatic carboxylic acids is 1. The molecule has 0 aromatic heterocycles. The van der Waals surface area contributed by atoms with Crippen LogP contribution in [0.4, 0.5) is 0 Å². The van der Waals surface area contributed by atoms with Gasteiger partial charge in [0.05, 0.1) is 13.7 Å². The number of hydrogen-bond acceptors (Lipinski definition) is 4. The second-order valence-corrected chi connectivity index (χ2v) is 5.00. The molecular formula is C14H19NO4. The maximum absolute atomic E-state index is 10.9. The van der Waals surface area contributed by atoms with Gasteiger partial charge < -0.3 is 14.9 Å². The van der Waals surface area contributed by atoms with Crippen molar-refractivity contribution in [3.63, 3.8) is 0 Å². The smallest absolute Gasteiger partial charge is 0.317 e. The molecule has 0 unspecified atom stereocenters. The van der Waals surface area contributed by atoms with Gasteiger partial charge in [-0.15, -0.1) is 0 Å². The Balaban J connectivity index is 2.07. The van der Waals surface area contributed by atoms with Crippen LogP contribution in [-0.4, -0.2) is 41.3 Å². The molecule has 5 heteroatoms. The first-order valence-corrected chi connectivity index (χ1v) is 6.38. The number of benzene rings is 1. The summed E-state index contributed by atoms with van der Waals surface area (Å²) in [6.07, 6.45) is 2.33. The highest BCUT2D eigenvalue weighted by Crippen LogP contribution is 2.31. The molecule has 5 nitrogen and oxygen atoms in total. The summed E-state index contributed by atoms with van der Waals surface area (Å²) in [7, 11) is 1.56. The van der Waals surface area contributed by atoms with E-state index in [9.17, 15) is 9.90 Å². The van der Waals surface area contributed by atoms with Crippen LogP contribution >= 0.6 is 0 Å². The van der Waals surface area contributed by atoms with Crippen molar-refractivity contribution < 1.29 is 19.7 Å². The van der Waals surface area contributed by atoms with Crippen LogP contribution in [0.25, 0.3) is 0 Å². The van der Waals surface area contributed by atoms with Gasteiger partial charge in [0, 0.05) is 18.7 Å². The van der Waals surface area contributed by atoms with Crippen molar-refractivity contribution in [3.05, 3.63) is 23.8 Å². The van der Waals surface area contributed by atoms with Crippen molar-refractivity contribution in [2.45, 2.75) is 19.4 Å². The summed E-state index contributed by atoms with van der Waals surface area (Å²) in [5, 5.41) is 18.8. The monoisotopic (exact) mass is 265 g/mol. The summed E-state index contributed by atoms with van der Waals surface area (Å²) >= 11 is 0. The van der Waals surface area contributed by atoms with Crippen molar-refractivity contribution in [2.75, 3.05) is 20.2 Å². The molecule has 0 amide bonds. The van der Waals surface area contributed by atoms with Gasteiger partial charge >= 0.3 is 5.97 Å². The number of aromatic hydroxyl groups is 1. The molecule has 1 saturated carbocycles. The molecule has 1 aliphatic carbocycles. The molecular weight excluding hydrogens is 246 g/mol. The van der Waals surface area contributed by atoms with E-state index in [1.807, 2.05) is 4.90 Å². The zero-order valence-corrected chi connectivity index (χ0v) is 11.0. The number of hydrogen-bond donors (Lipinski definition) is 2. The highest BCUT2D eigenvalue weighted by molar-refractivity contribution is 5.69. The van der Waals surface area contributed by atoms with E-state index in [4.69, 9.17) is 9.84 Å². The number of carboxylic acids is 1. The molecule has 104 valence electrons. The molecule has 0 spiro atoms. The van der Waals surface area contributed by atoms with Crippen LogP contribution in [0.5, 0.6) is 11.5 Å². The molecule has 1 aliphatic rings. The van der Waals surface area contributed by atoms with E-state index < -0.39 is 5.97 Å². The van der Waals surface area contributed by atoms with Crippen LogP contribution in [0.2, 0.25) is 0 Å². The van der Waals surface area contributed by atoms with Gasteiger partial charge in [0.2, 0.25) is 0 Å². The zero-order chi connectivity index (χ0) is 13.8. The Morgan fingerprint density at radius 3 is 2.79 bits per heavy atom. The quantitative estimate of drug-likeness (QED) is 0.785. The summed E-state index contributed by atoms with van der Waals surface area (Å²) in [5.74, 6) is 0.594. The average Bonchev–Trinajstić information content (AvgIpc) is 3.15. The number of rotatable bonds is 7.